The molecule has 0 saturated carbocycles. The summed E-state index contributed by atoms with van der Waals surface area (Å²) in [5.41, 5.74) is 0.333. The molecule has 4 heterocycles. The highest BCUT2D eigenvalue weighted by Crippen LogP contribution is 2.33. The normalized spacial score (nSPS) is 19.8. The Balaban J connectivity index is 1.19. The molecule has 2 fully saturated rings. The Morgan fingerprint density at radius 2 is 1.71 bits per heavy atom. The zero-order valence-electron chi connectivity index (χ0n) is 27.4. The van der Waals surface area contributed by atoms with E-state index in [0.29, 0.717) is 71.5 Å². The monoisotopic (exact) mass is 695 g/mol. The molecule has 2 amide bonds. The number of hydrogen-bond acceptors (Lipinski definition) is 7. The van der Waals surface area contributed by atoms with Crippen molar-refractivity contribution in [3.8, 4) is 5.69 Å². The predicted molar refractivity (Wildman–Crippen MR) is 183 cm³/mol. The van der Waals surface area contributed by atoms with E-state index in [1.807, 2.05) is 52.0 Å². The third kappa shape index (κ3) is 6.96. The molecule has 48 heavy (non-hydrogen) atoms. The van der Waals surface area contributed by atoms with Crippen molar-refractivity contribution >= 4 is 46.2 Å². The molecule has 2 atom stereocenters. The number of amides is 2. The molecule has 0 unspecified atom stereocenters. The molecule has 0 bridgehead atoms. The molecule has 254 valence electrons. The van der Waals surface area contributed by atoms with Gasteiger partial charge in [0.15, 0.2) is 5.65 Å². The highest BCUT2D eigenvalue weighted by Gasteiger charge is 2.37. The zero-order chi connectivity index (χ0) is 34.4. The summed E-state index contributed by atoms with van der Waals surface area (Å²) in [4.78, 5) is 47.6. The Morgan fingerprint density at radius 1 is 1.04 bits per heavy atom. The van der Waals surface area contributed by atoms with Crippen LogP contribution in [0.5, 0.6) is 0 Å². The molecule has 0 radical (unpaired) electrons. The van der Waals surface area contributed by atoms with E-state index in [9.17, 15) is 19.5 Å². The maximum Gasteiger partial charge on any atom is 0.410 e. The van der Waals surface area contributed by atoms with E-state index in [-0.39, 0.29) is 30.2 Å². The third-order valence-corrected chi connectivity index (χ3v) is 9.42. The van der Waals surface area contributed by atoms with E-state index < -0.39 is 17.3 Å². The summed E-state index contributed by atoms with van der Waals surface area (Å²) in [6, 6.07) is 15.5. The molecule has 0 aliphatic carbocycles. The molecule has 2 saturated heterocycles. The Hall–Kier alpha value is -3.90. The maximum atomic E-state index is 13.6. The van der Waals surface area contributed by atoms with Crippen molar-refractivity contribution in [2.75, 3.05) is 26.2 Å². The number of aromatic nitrogens is 3. The van der Waals surface area contributed by atoms with Crippen molar-refractivity contribution in [2.45, 2.75) is 70.4 Å². The summed E-state index contributed by atoms with van der Waals surface area (Å²) < 4.78 is 14.7. The first-order chi connectivity index (χ1) is 22.7. The van der Waals surface area contributed by atoms with Gasteiger partial charge in [-0.1, -0.05) is 35.3 Å². The number of ether oxygens (including phenoxy) is 2. The lowest BCUT2D eigenvalue weighted by Gasteiger charge is -2.40. The standard InChI is InChI=1S/C35H39Cl2N5O6/c1-22-29(41(17-18-47-22)33(45)48-34(2,3)4)23-7-11-26(12-8-23)42-28(37)19-27-30(42)38-21-40(32(27)44)20-35(46)13-15-39(16-14-35)31(43)24-5-9-25(36)10-6-24/h5-12,19,21-22,29,46H,13-18,20H2,1-4H3/t22-,29+/m1/s1. The lowest BCUT2D eigenvalue weighted by molar-refractivity contribution is -0.0698. The summed E-state index contributed by atoms with van der Waals surface area (Å²) in [6.45, 7) is 9.01. The number of halogens is 2. The van der Waals surface area contributed by atoms with Crippen LogP contribution >= 0.6 is 23.2 Å². The van der Waals surface area contributed by atoms with Crippen molar-refractivity contribution in [3.63, 3.8) is 0 Å². The summed E-state index contributed by atoms with van der Waals surface area (Å²) in [7, 11) is 0. The van der Waals surface area contributed by atoms with Crippen molar-refractivity contribution in [2.24, 2.45) is 0 Å². The van der Waals surface area contributed by atoms with Crippen LogP contribution in [0, 0.1) is 0 Å². The second kappa shape index (κ2) is 13.2. The van der Waals surface area contributed by atoms with Crippen LogP contribution in [0.4, 0.5) is 4.79 Å². The van der Waals surface area contributed by atoms with Crippen LogP contribution in [0.25, 0.3) is 16.7 Å². The van der Waals surface area contributed by atoms with Crippen LogP contribution in [0.15, 0.2) is 65.7 Å². The fourth-order valence-electron chi connectivity index (χ4n) is 6.44. The van der Waals surface area contributed by atoms with Crippen LogP contribution in [-0.4, -0.2) is 84.6 Å². The van der Waals surface area contributed by atoms with Gasteiger partial charge >= 0.3 is 6.09 Å². The number of morpholine rings is 1. The second-order valence-electron chi connectivity index (χ2n) is 13.5. The topological polar surface area (TPSA) is 119 Å². The van der Waals surface area contributed by atoms with Crippen molar-refractivity contribution in [3.05, 3.63) is 92.6 Å². The van der Waals surface area contributed by atoms with Gasteiger partial charge in [-0.2, -0.15) is 0 Å². The first-order valence-electron chi connectivity index (χ1n) is 16.0. The highest BCUT2D eigenvalue weighted by atomic mass is 35.5. The minimum Gasteiger partial charge on any atom is -0.444 e. The van der Waals surface area contributed by atoms with E-state index >= 15 is 0 Å². The number of rotatable bonds is 5. The molecule has 11 nitrogen and oxygen atoms in total. The van der Waals surface area contributed by atoms with Gasteiger partial charge in [0.2, 0.25) is 0 Å². The molecule has 1 N–H and O–H groups in total. The van der Waals surface area contributed by atoms with Gasteiger partial charge in [0.1, 0.15) is 17.1 Å². The van der Waals surface area contributed by atoms with Gasteiger partial charge in [0.05, 0.1) is 36.3 Å². The second-order valence-corrected chi connectivity index (χ2v) is 14.4. The fourth-order valence-corrected chi connectivity index (χ4v) is 6.85. The average molecular weight is 697 g/mol. The van der Waals surface area contributed by atoms with Crippen molar-refractivity contribution in [1.82, 2.24) is 23.9 Å². The number of aliphatic hydroxyl groups is 1. The number of piperidine rings is 1. The van der Waals surface area contributed by atoms with Crippen molar-refractivity contribution < 1.29 is 24.2 Å². The minimum atomic E-state index is -1.19. The van der Waals surface area contributed by atoms with Gasteiger partial charge in [-0.15, -0.1) is 0 Å². The lowest BCUT2D eigenvalue weighted by atomic mass is 9.91. The largest absolute Gasteiger partial charge is 0.444 e. The smallest absolute Gasteiger partial charge is 0.410 e. The van der Waals surface area contributed by atoms with Crippen LogP contribution in [-0.2, 0) is 16.0 Å². The Morgan fingerprint density at radius 3 is 2.35 bits per heavy atom. The SMILES string of the molecule is C[C@H]1OCCN(C(=O)OC(C)(C)C)[C@@H]1c1ccc(-n2c(Cl)cc3c(=O)n(CC4(O)CCN(C(=O)c5ccc(Cl)cc5)CC4)cnc32)cc1. The highest BCUT2D eigenvalue weighted by molar-refractivity contribution is 6.31. The molecule has 2 aliphatic heterocycles. The summed E-state index contributed by atoms with van der Waals surface area (Å²) >= 11 is 12.6. The van der Waals surface area contributed by atoms with E-state index in [0.717, 1.165) is 5.56 Å². The van der Waals surface area contributed by atoms with Crippen LogP contribution < -0.4 is 5.56 Å². The summed E-state index contributed by atoms with van der Waals surface area (Å²) in [6.07, 6.45) is 1.39. The number of fused-ring (bicyclic) bond motifs is 1. The molecular formula is C35H39Cl2N5O6. The summed E-state index contributed by atoms with van der Waals surface area (Å²) in [5, 5.41) is 12.6. The first-order valence-corrected chi connectivity index (χ1v) is 16.7. The molecule has 2 aromatic heterocycles. The quantitative estimate of drug-likeness (QED) is 0.278. The van der Waals surface area contributed by atoms with E-state index in [2.05, 4.69) is 4.98 Å². The number of nitrogens with zero attached hydrogens (tertiary/aromatic N) is 5. The zero-order valence-corrected chi connectivity index (χ0v) is 28.9. The molecule has 4 aromatic rings. The number of benzene rings is 2. The Kier molecular flexibility index (Phi) is 9.34. The van der Waals surface area contributed by atoms with E-state index in [1.165, 1.54) is 10.9 Å². The number of likely N-dealkylation sites (tertiary alicyclic amines) is 1. The predicted octanol–water partition coefficient (Wildman–Crippen LogP) is 5.86. The van der Waals surface area contributed by atoms with E-state index in [1.54, 1.807) is 44.7 Å². The van der Waals surface area contributed by atoms with Gasteiger partial charge < -0.3 is 19.5 Å². The molecular weight excluding hydrogens is 657 g/mol. The van der Waals surface area contributed by atoms with Gasteiger partial charge in [0.25, 0.3) is 11.5 Å². The van der Waals surface area contributed by atoms with Gasteiger partial charge in [-0.05, 0) is 88.6 Å². The fraction of sp³-hybridized carbons (Fsp3) is 0.429. The molecule has 0 spiro atoms. The lowest BCUT2D eigenvalue weighted by Crippen LogP contribution is -2.49. The number of hydrogen-bond donors (Lipinski definition) is 1. The van der Waals surface area contributed by atoms with Crippen LogP contribution in [0.3, 0.4) is 0 Å². The molecule has 2 aromatic carbocycles. The Bertz CT molecular complexity index is 1870. The van der Waals surface area contributed by atoms with Crippen molar-refractivity contribution in [1.29, 1.82) is 0 Å². The minimum absolute atomic E-state index is 0.0328. The van der Waals surface area contributed by atoms with Gasteiger partial charge in [-0.3, -0.25) is 23.6 Å². The number of carbonyl (C=O) groups is 2. The molecule has 13 heteroatoms. The maximum absolute atomic E-state index is 13.6. The average Bonchev–Trinajstić information content (AvgIpc) is 3.38. The number of carbonyl (C=O) groups excluding carboxylic acids is 2. The van der Waals surface area contributed by atoms with Crippen LogP contribution in [0.1, 0.15) is 62.5 Å². The third-order valence-electron chi connectivity index (χ3n) is 8.89. The Labute approximate surface area is 288 Å². The molecule has 6 rings (SSSR count). The summed E-state index contributed by atoms with van der Waals surface area (Å²) in [5.74, 6) is -0.125. The first kappa shape index (κ1) is 34.0. The van der Waals surface area contributed by atoms with Gasteiger partial charge in [-0.25, -0.2) is 9.78 Å². The van der Waals surface area contributed by atoms with E-state index in [4.69, 9.17) is 32.7 Å². The van der Waals surface area contributed by atoms with Crippen LogP contribution in [0.2, 0.25) is 10.2 Å². The molecule has 2 aliphatic rings. The van der Waals surface area contributed by atoms with Gasteiger partial charge in [0, 0.05) is 35.9 Å².